The van der Waals surface area contributed by atoms with E-state index in [1.54, 1.807) is 12.1 Å². The maximum Gasteiger partial charge on any atom is 0.329 e. The van der Waals surface area contributed by atoms with E-state index in [0.29, 0.717) is 24.4 Å². The van der Waals surface area contributed by atoms with Crippen LogP contribution < -0.4 is 5.32 Å². The van der Waals surface area contributed by atoms with Crippen LogP contribution in [0.4, 0.5) is 10.1 Å². The first-order valence-electron chi connectivity index (χ1n) is 5.29. The van der Waals surface area contributed by atoms with Gasteiger partial charge in [0.05, 0.1) is 0 Å². The van der Waals surface area contributed by atoms with Gasteiger partial charge in [0.15, 0.2) is 0 Å². The third-order valence-electron chi connectivity index (χ3n) is 3.01. The molecule has 0 saturated heterocycles. The van der Waals surface area contributed by atoms with Crippen LogP contribution in [0.1, 0.15) is 19.8 Å². The van der Waals surface area contributed by atoms with Crippen LogP contribution in [-0.2, 0) is 4.79 Å². The molecule has 1 aromatic carbocycles. The second-order valence-electron chi connectivity index (χ2n) is 4.54. The molecule has 0 bridgehead atoms. The van der Waals surface area contributed by atoms with E-state index in [-0.39, 0.29) is 5.82 Å². The molecule has 1 saturated carbocycles. The van der Waals surface area contributed by atoms with Gasteiger partial charge < -0.3 is 10.4 Å². The predicted molar refractivity (Wildman–Crippen MR) is 58.8 cm³/mol. The van der Waals surface area contributed by atoms with Gasteiger partial charge in [-0.05, 0) is 37.0 Å². The summed E-state index contributed by atoms with van der Waals surface area (Å²) >= 11 is 0. The first-order valence-corrected chi connectivity index (χ1v) is 5.29. The zero-order valence-electron chi connectivity index (χ0n) is 9.03. The lowest BCUT2D eigenvalue weighted by Gasteiger charge is -2.44. The smallest absolute Gasteiger partial charge is 0.329 e. The SMILES string of the molecule is CC1CC(Nc2cccc(F)c2)(C(=O)O)C1. The Bertz CT molecular complexity index is 413. The largest absolute Gasteiger partial charge is 0.480 e. The van der Waals surface area contributed by atoms with Gasteiger partial charge in [-0.2, -0.15) is 0 Å². The van der Waals surface area contributed by atoms with Crippen LogP contribution in [0.15, 0.2) is 24.3 Å². The number of aliphatic carboxylic acids is 1. The minimum atomic E-state index is -0.910. The van der Waals surface area contributed by atoms with Gasteiger partial charge in [0.2, 0.25) is 0 Å². The van der Waals surface area contributed by atoms with Crippen molar-refractivity contribution in [2.45, 2.75) is 25.3 Å². The molecule has 0 unspecified atom stereocenters. The summed E-state index contributed by atoms with van der Waals surface area (Å²) in [6, 6.07) is 5.89. The fourth-order valence-corrected chi connectivity index (χ4v) is 2.30. The molecule has 3 nitrogen and oxygen atoms in total. The van der Waals surface area contributed by atoms with E-state index >= 15 is 0 Å². The maximum atomic E-state index is 13.0. The zero-order valence-corrected chi connectivity index (χ0v) is 9.03. The van der Waals surface area contributed by atoms with Crippen molar-refractivity contribution in [3.8, 4) is 0 Å². The molecule has 2 rings (SSSR count). The van der Waals surface area contributed by atoms with Crippen molar-refractivity contribution in [2.75, 3.05) is 5.32 Å². The lowest BCUT2D eigenvalue weighted by molar-refractivity contribution is -0.147. The molecule has 0 amide bonds. The van der Waals surface area contributed by atoms with Crippen molar-refractivity contribution in [3.05, 3.63) is 30.1 Å². The Balaban J connectivity index is 2.16. The van der Waals surface area contributed by atoms with Crippen LogP contribution in [-0.4, -0.2) is 16.6 Å². The first-order chi connectivity index (χ1) is 7.52. The highest BCUT2D eigenvalue weighted by Crippen LogP contribution is 2.40. The van der Waals surface area contributed by atoms with E-state index in [0.717, 1.165) is 0 Å². The number of hydrogen-bond acceptors (Lipinski definition) is 2. The van der Waals surface area contributed by atoms with E-state index in [9.17, 15) is 14.3 Å². The Morgan fingerprint density at radius 2 is 2.25 bits per heavy atom. The molecule has 0 aliphatic heterocycles. The van der Waals surface area contributed by atoms with Crippen LogP contribution >= 0.6 is 0 Å². The van der Waals surface area contributed by atoms with Crippen LogP contribution in [0, 0.1) is 11.7 Å². The van der Waals surface area contributed by atoms with Gasteiger partial charge in [-0.15, -0.1) is 0 Å². The van der Waals surface area contributed by atoms with Crippen molar-refractivity contribution in [2.24, 2.45) is 5.92 Å². The Kier molecular flexibility index (Phi) is 2.58. The lowest BCUT2D eigenvalue weighted by Crippen LogP contribution is -2.55. The molecule has 1 aliphatic rings. The maximum absolute atomic E-state index is 13.0. The van der Waals surface area contributed by atoms with Gasteiger partial charge in [0, 0.05) is 5.69 Å². The topological polar surface area (TPSA) is 49.3 Å². The second-order valence-corrected chi connectivity index (χ2v) is 4.54. The van der Waals surface area contributed by atoms with E-state index in [4.69, 9.17) is 0 Å². The van der Waals surface area contributed by atoms with Gasteiger partial charge in [-0.1, -0.05) is 13.0 Å². The fraction of sp³-hybridized carbons (Fsp3) is 0.417. The summed E-state index contributed by atoms with van der Waals surface area (Å²) in [5.41, 5.74) is -0.387. The molecule has 4 heteroatoms. The molecule has 1 fully saturated rings. The minimum Gasteiger partial charge on any atom is -0.480 e. The predicted octanol–water partition coefficient (Wildman–Crippen LogP) is 2.49. The fourth-order valence-electron chi connectivity index (χ4n) is 2.30. The number of anilines is 1. The Morgan fingerprint density at radius 1 is 1.56 bits per heavy atom. The highest BCUT2D eigenvalue weighted by molar-refractivity contribution is 5.84. The molecule has 1 aliphatic carbocycles. The van der Waals surface area contributed by atoms with Crippen molar-refractivity contribution in [3.63, 3.8) is 0 Å². The summed E-state index contributed by atoms with van der Waals surface area (Å²) in [6.07, 6.45) is 1.16. The number of carbonyl (C=O) groups is 1. The standard InChI is InChI=1S/C12H14FNO2/c1-8-6-12(7-8,11(15)16)14-10-4-2-3-9(13)5-10/h2-5,8,14H,6-7H2,1H3,(H,15,16). The molecule has 86 valence electrons. The summed E-state index contributed by atoms with van der Waals surface area (Å²) in [5.74, 6) is -0.829. The number of nitrogens with one attached hydrogen (secondary N) is 1. The average molecular weight is 223 g/mol. The van der Waals surface area contributed by atoms with Gasteiger partial charge in [-0.3, -0.25) is 0 Å². The van der Waals surface area contributed by atoms with Gasteiger partial charge >= 0.3 is 5.97 Å². The lowest BCUT2D eigenvalue weighted by atomic mass is 9.69. The normalized spacial score (nSPS) is 28.2. The molecular weight excluding hydrogens is 209 g/mol. The molecule has 16 heavy (non-hydrogen) atoms. The average Bonchev–Trinajstić information content (AvgIpc) is 2.14. The highest BCUT2D eigenvalue weighted by atomic mass is 19.1. The Morgan fingerprint density at radius 3 is 2.75 bits per heavy atom. The molecule has 2 N–H and O–H groups in total. The molecule has 0 heterocycles. The number of halogens is 1. The summed E-state index contributed by atoms with van der Waals surface area (Å²) in [5, 5.41) is 12.1. The van der Waals surface area contributed by atoms with E-state index in [1.807, 2.05) is 6.92 Å². The second kappa shape index (κ2) is 3.77. The Labute approximate surface area is 93.3 Å². The van der Waals surface area contributed by atoms with E-state index in [1.165, 1.54) is 12.1 Å². The monoisotopic (exact) mass is 223 g/mol. The van der Waals surface area contributed by atoms with E-state index < -0.39 is 11.5 Å². The zero-order chi connectivity index (χ0) is 11.8. The van der Waals surface area contributed by atoms with E-state index in [2.05, 4.69) is 5.32 Å². The van der Waals surface area contributed by atoms with Crippen molar-refractivity contribution in [1.29, 1.82) is 0 Å². The first kappa shape index (κ1) is 10.9. The number of benzene rings is 1. The van der Waals surface area contributed by atoms with Crippen LogP contribution in [0.25, 0.3) is 0 Å². The third-order valence-corrected chi connectivity index (χ3v) is 3.01. The molecule has 0 spiro atoms. The minimum absolute atomic E-state index is 0.363. The number of carboxylic acid groups (broad SMARTS) is 1. The van der Waals surface area contributed by atoms with Gasteiger partial charge in [0.25, 0.3) is 0 Å². The quantitative estimate of drug-likeness (QED) is 0.827. The van der Waals surface area contributed by atoms with Crippen LogP contribution in [0.3, 0.4) is 0 Å². The molecule has 1 aromatic rings. The summed E-state index contributed by atoms with van der Waals surface area (Å²) in [6.45, 7) is 2.01. The van der Waals surface area contributed by atoms with Gasteiger partial charge in [0.1, 0.15) is 11.4 Å². The Hall–Kier alpha value is -1.58. The third kappa shape index (κ3) is 1.87. The molecule has 0 aromatic heterocycles. The van der Waals surface area contributed by atoms with Gasteiger partial charge in [-0.25, -0.2) is 9.18 Å². The summed E-state index contributed by atoms with van der Waals surface area (Å²) < 4.78 is 13.0. The van der Waals surface area contributed by atoms with Crippen molar-refractivity contribution in [1.82, 2.24) is 0 Å². The van der Waals surface area contributed by atoms with Crippen LogP contribution in [0.2, 0.25) is 0 Å². The summed E-state index contributed by atoms with van der Waals surface area (Å²) in [4.78, 5) is 11.2. The number of carboxylic acids is 1. The van der Waals surface area contributed by atoms with Crippen molar-refractivity contribution < 1.29 is 14.3 Å². The summed E-state index contributed by atoms with van der Waals surface area (Å²) in [7, 11) is 0. The molecular formula is C12H14FNO2. The van der Waals surface area contributed by atoms with Crippen LogP contribution in [0.5, 0.6) is 0 Å². The van der Waals surface area contributed by atoms with Crippen molar-refractivity contribution >= 4 is 11.7 Å². The molecule has 0 atom stereocenters. The number of rotatable bonds is 3. The molecule has 0 radical (unpaired) electrons. The number of hydrogen-bond donors (Lipinski definition) is 2. The highest BCUT2D eigenvalue weighted by Gasteiger charge is 2.48.